The number of hydrogen-bond donors (Lipinski definition) is 1. The minimum atomic E-state index is 0.743. The van der Waals surface area contributed by atoms with Crippen molar-refractivity contribution in [3.8, 4) is 21.7 Å². The zero-order valence-electron chi connectivity index (χ0n) is 17.2. The fraction of sp³-hybridized carbons (Fsp3) is 0.115. The SMILES string of the molecule is Cc1nc(NCCc2ccccc2)cc(-c2cncc(-c3cc4ccccc4s3)c2)n1. The second kappa shape index (κ2) is 8.66. The van der Waals surface area contributed by atoms with E-state index in [0.717, 1.165) is 41.4 Å². The third kappa shape index (κ3) is 4.47. The average Bonchev–Trinajstić information content (AvgIpc) is 3.24. The Morgan fingerprint density at radius 3 is 2.52 bits per heavy atom. The molecule has 0 fully saturated rings. The minimum Gasteiger partial charge on any atom is -0.370 e. The molecule has 3 aromatic heterocycles. The van der Waals surface area contributed by atoms with E-state index < -0.39 is 0 Å². The van der Waals surface area contributed by atoms with Gasteiger partial charge in [-0.3, -0.25) is 4.98 Å². The van der Waals surface area contributed by atoms with Crippen molar-refractivity contribution in [2.24, 2.45) is 0 Å². The molecule has 0 bridgehead atoms. The minimum absolute atomic E-state index is 0.743. The molecule has 0 spiro atoms. The highest BCUT2D eigenvalue weighted by atomic mass is 32.1. The van der Waals surface area contributed by atoms with E-state index in [1.54, 1.807) is 11.3 Å². The highest BCUT2D eigenvalue weighted by molar-refractivity contribution is 7.22. The van der Waals surface area contributed by atoms with Crippen LogP contribution in [0, 0.1) is 6.92 Å². The first-order chi connectivity index (χ1) is 15.2. The summed E-state index contributed by atoms with van der Waals surface area (Å²) in [5, 5.41) is 4.70. The quantitative estimate of drug-likeness (QED) is 0.345. The molecule has 0 unspecified atom stereocenters. The normalized spacial score (nSPS) is 11.0. The molecule has 5 aromatic rings. The van der Waals surface area contributed by atoms with Gasteiger partial charge in [-0.1, -0.05) is 48.5 Å². The van der Waals surface area contributed by atoms with Crippen LogP contribution in [0.15, 0.2) is 85.2 Å². The molecule has 2 aromatic carbocycles. The molecule has 152 valence electrons. The molecule has 4 nitrogen and oxygen atoms in total. The van der Waals surface area contributed by atoms with E-state index in [2.05, 4.69) is 80.9 Å². The summed E-state index contributed by atoms with van der Waals surface area (Å²) in [6, 6.07) is 25.3. The Hall–Kier alpha value is -3.57. The number of anilines is 1. The smallest absolute Gasteiger partial charge is 0.130 e. The molecule has 0 radical (unpaired) electrons. The first-order valence-corrected chi connectivity index (χ1v) is 11.1. The number of thiophene rings is 1. The largest absolute Gasteiger partial charge is 0.370 e. The van der Waals surface area contributed by atoms with Gasteiger partial charge < -0.3 is 5.32 Å². The van der Waals surface area contributed by atoms with Crippen LogP contribution >= 0.6 is 11.3 Å². The number of fused-ring (bicyclic) bond motifs is 1. The van der Waals surface area contributed by atoms with Gasteiger partial charge in [0.05, 0.1) is 5.69 Å². The maximum absolute atomic E-state index is 4.66. The number of nitrogens with one attached hydrogen (secondary N) is 1. The van der Waals surface area contributed by atoms with Crippen LogP contribution < -0.4 is 5.32 Å². The lowest BCUT2D eigenvalue weighted by Crippen LogP contribution is -2.07. The van der Waals surface area contributed by atoms with Crippen molar-refractivity contribution in [3.05, 3.63) is 96.6 Å². The summed E-state index contributed by atoms with van der Waals surface area (Å²) < 4.78 is 1.28. The van der Waals surface area contributed by atoms with Gasteiger partial charge in [0, 0.05) is 45.7 Å². The fourth-order valence-corrected chi connectivity index (χ4v) is 4.67. The van der Waals surface area contributed by atoms with E-state index in [1.807, 2.05) is 31.5 Å². The van der Waals surface area contributed by atoms with Gasteiger partial charge >= 0.3 is 0 Å². The molecule has 0 aliphatic heterocycles. The standard InChI is InChI=1S/C26H22N4S/c1-18-29-23(15-26(30-18)28-12-11-19-7-3-2-4-8-19)21-13-22(17-27-16-21)25-14-20-9-5-6-10-24(20)31-25/h2-10,13-17H,11-12H2,1H3,(H,28,29,30). The van der Waals surface area contributed by atoms with Gasteiger partial charge in [0.25, 0.3) is 0 Å². The molecule has 0 saturated heterocycles. The molecule has 3 heterocycles. The van der Waals surface area contributed by atoms with Gasteiger partial charge in [-0.15, -0.1) is 11.3 Å². The summed E-state index contributed by atoms with van der Waals surface area (Å²) >= 11 is 1.78. The Morgan fingerprint density at radius 2 is 1.65 bits per heavy atom. The molecular formula is C26H22N4S. The second-order valence-electron chi connectivity index (χ2n) is 7.46. The molecule has 0 aliphatic rings. The van der Waals surface area contributed by atoms with Gasteiger partial charge in [-0.2, -0.15) is 0 Å². The predicted molar refractivity (Wildman–Crippen MR) is 129 cm³/mol. The van der Waals surface area contributed by atoms with Crippen molar-refractivity contribution in [2.45, 2.75) is 13.3 Å². The summed E-state index contributed by atoms with van der Waals surface area (Å²) in [5.74, 6) is 1.58. The second-order valence-corrected chi connectivity index (χ2v) is 8.54. The number of benzene rings is 2. The highest BCUT2D eigenvalue weighted by Crippen LogP contribution is 2.34. The van der Waals surface area contributed by atoms with Crippen molar-refractivity contribution >= 4 is 27.2 Å². The monoisotopic (exact) mass is 422 g/mol. The fourth-order valence-electron chi connectivity index (χ4n) is 3.62. The van der Waals surface area contributed by atoms with Crippen LogP contribution in [0.4, 0.5) is 5.82 Å². The highest BCUT2D eigenvalue weighted by Gasteiger charge is 2.09. The lowest BCUT2D eigenvalue weighted by atomic mass is 10.1. The molecule has 0 aliphatic carbocycles. The maximum atomic E-state index is 4.66. The molecule has 0 saturated carbocycles. The number of nitrogens with zero attached hydrogens (tertiary/aromatic N) is 3. The zero-order chi connectivity index (χ0) is 21.0. The van der Waals surface area contributed by atoms with E-state index in [1.165, 1.54) is 20.5 Å². The summed E-state index contributed by atoms with van der Waals surface area (Å²) in [6.45, 7) is 2.75. The molecule has 5 rings (SSSR count). The van der Waals surface area contributed by atoms with Crippen LogP contribution in [0.3, 0.4) is 0 Å². The van der Waals surface area contributed by atoms with Gasteiger partial charge in [0.15, 0.2) is 0 Å². The first-order valence-electron chi connectivity index (χ1n) is 10.3. The number of aryl methyl sites for hydroxylation is 1. The summed E-state index contributed by atoms with van der Waals surface area (Å²) in [7, 11) is 0. The Balaban J connectivity index is 1.39. The predicted octanol–water partition coefficient (Wildman–Crippen LogP) is 6.38. The molecule has 0 atom stereocenters. The van der Waals surface area contributed by atoms with E-state index >= 15 is 0 Å². The molecule has 1 N–H and O–H groups in total. The Kier molecular flexibility index (Phi) is 5.42. The first kappa shape index (κ1) is 19.4. The van der Waals surface area contributed by atoms with Crippen molar-refractivity contribution < 1.29 is 0 Å². The van der Waals surface area contributed by atoms with Crippen LogP contribution in [0.2, 0.25) is 0 Å². The van der Waals surface area contributed by atoms with Crippen molar-refractivity contribution in [1.82, 2.24) is 15.0 Å². The summed E-state index contributed by atoms with van der Waals surface area (Å²) in [6.07, 6.45) is 4.73. The van der Waals surface area contributed by atoms with Gasteiger partial charge in [0.1, 0.15) is 11.6 Å². The molecule has 0 amide bonds. The van der Waals surface area contributed by atoms with Crippen LogP contribution in [0.1, 0.15) is 11.4 Å². The molecular weight excluding hydrogens is 400 g/mol. The third-order valence-corrected chi connectivity index (χ3v) is 6.31. The molecule has 5 heteroatoms. The Labute approximate surface area is 185 Å². The summed E-state index contributed by atoms with van der Waals surface area (Å²) in [5.41, 5.74) is 4.28. The van der Waals surface area contributed by atoms with Crippen LogP contribution in [-0.4, -0.2) is 21.5 Å². The van der Waals surface area contributed by atoms with Gasteiger partial charge in [0.2, 0.25) is 0 Å². The number of rotatable bonds is 6. The van der Waals surface area contributed by atoms with Crippen molar-refractivity contribution in [3.63, 3.8) is 0 Å². The van der Waals surface area contributed by atoms with E-state index in [4.69, 9.17) is 0 Å². The summed E-state index contributed by atoms with van der Waals surface area (Å²) in [4.78, 5) is 14.9. The van der Waals surface area contributed by atoms with E-state index in [0.29, 0.717) is 0 Å². The van der Waals surface area contributed by atoms with Crippen molar-refractivity contribution in [1.29, 1.82) is 0 Å². The number of aromatic nitrogens is 3. The topological polar surface area (TPSA) is 50.7 Å². The van der Waals surface area contributed by atoms with Crippen LogP contribution in [0.5, 0.6) is 0 Å². The van der Waals surface area contributed by atoms with Crippen LogP contribution in [-0.2, 0) is 6.42 Å². The Morgan fingerprint density at radius 1 is 0.839 bits per heavy atom. The van der Waals surface area contributed by atoms with Crippen molar-refractivity contribution in [2.75, 3.05) is 11.9 Å². The Bertz CT molecular complexity index is 1290. The molecule has 31 heavy (non-hydrogen) atoms. The van der Waals surface area contributed by atoms with Crippen LogP contribution in [0.25, 0.3) is 31.8 Å². The zero-order valence-corrected chi connectivity index (χ0v) is 18.1. The van der Waals surface area contributed by atoms with Gasteiger partial charge in [-0.05, 0) is 42.5 Å². The number of hydrogen-bond acceptors (Lipinski definition) is 5. The number of pyridine rings is 1. The maximum Gasteiger partial charge on any atom is 0.130 e. The van der Waals surface area contributed by atoms with E-state index in [9.17, 15) is 0 Å². The lowest BCUT2D eigenvalue weighted by molar-refractivity contribution is 0.983. The van der Waals surface area contributed by atoms with Gasteiger partial charge in [-0.25, -0.2) is 9.97 Å². The third-order valence-electron chi connectivity index (χ3n) is 5.14. The average molecular weight is 423 g/mol. The lowest BCUT2D eigenvalue weighted by Gasteiger charge is -2.09. The van der Waals surface area contributed by atoms with E-state index in [-0.39, 0.29) is 0 Å².